The quantitative estimate of drug-likeness (QED) is 0.663. The molecule has 0 bridgehead atoms. The van der Waals surface area contributed by atoms with Crippen molar-refractivity contribution in [3.8, 4) is 0 Å². The first-order valence-corrected chi connectivity index (χ1v) is 6.94. The lowest BCUT2D eigenvalue weighted by molar-refractivity contribution is -0.419. The van der Waals surface area contributed by atoms with E-state index in [1.54, 1.807) is 0 Å². The molecule has 0 heterocycles. The van der Waals surface area contributed by atoms with Crippen LogP contribution >= 0.6 is 0 Å². The lowest BCUT2D eigenvalue weighted by Crippen LogP contribution is -2.69. The largest absolute Gasteiger partial charge is 0.431 e. The molecule has 1 aliphatic carbocycles. The van der Waals surface area contributed by atoms with Crippen LogP contribution in [-0.2, 0) is 0 Å². The summed E-state index contributed by atoms with van der Waals surface area (Å²) in [4.78, 5) is 0. The molecule has 4 unspecified atom stereocenters. The molecule has 1 aliphatic rings. The highest BCUT2D eigenvalue weighted by Crippen LogP contribution is 2.61. The fourth-order valence-corrected chi connectivity index (χ4v) is 3.29. The van der Waals surface area contributed by atoms with Gasteiger partial charge < -0.3 is 10.2 Å². The lowest BCUT2D eigenvalue weighted by atomic mass is 9.63. The van der Waals surface area contributed by atoms with Crippen molar-refractivity contribution in [1.82, 2.24) is 0 Å². The normalized spacial score (nSPS) is 28.4. The van der Waals surface area contributed by atoms with Crippen LogP contribution in [0.4, 0.5) is 52.7 Å². The summed E-state index contributed by atoms with van der Waals surface area (Å²) in [7, 11) is 0. The van der Waals surface area contributed by atoms with Crippen molar-refractivity contribution in [3.63, 3.8) is 0 Å². The molecule has 1 fully saturated rings. The fourth-order valence-electron chi connectivity index (χ4n) is 3.29. The van der Waals surface area contributed by atoms with Gasteiger partial charge in [0.15, 0.2) is 0 Å². The second-order valence-electron chi connectivity index (χ2n) is 6.00. The topological polar surface area (TPSA) is 40.5 Å². The minimum atomic E-state index is -6.73. The van der Waals surface area contributed by atoms with Crippen molar-refractivity contribution >= 4 is 0 Å². The molecule has 0 spiro atoms. The highest BCUT2D eigenvalue weighted by Gasteiger charge is 2.82. The van der Waals surface area contributed by atoms with Crippen LogP contribution in [0.25, 0.3) is 0 Å². The maximum absolute atomic E-state index is 14.3. The van der Waals surface area contributed by atoms with Crippen LogP contribution in [0.2, 0.25) is 0 Å². The molecule has 0 aromatic rings. The van der Waals surface area contributed by atoms with E-state index >= 15 is 0 Å². The summed E-state index contributed by atoms with van der Waals surface area (Å²) in [5, 5.41) is 16.7. The zero-order valence-electron chi connectivity index (χ0n) is 12.4. The Balaban J connectivity index is 3.68. The van der Waals surface area contributed by atoms with Gasteiger partial charge in [0.1, 0.15) is 0 Å². The molecule has 2 N–H and O–H groups in total. The van der Waals surface area contributed by atoms with E-state index in [-0.39, 0.29) is 0 Å². The number of halogens is 12. The van der Waals surface area contributed by atoms with Crippen molar-refractivity contribution in [2.45, 2.75) is 61.6 Å². The maximum atomic E-state index is 14.3. The van der Waals surface area contributed by atoms with Gasteiger partial charge in [-0.25, -0.2) is 8.78 Å². The third kappa shape index (κ3) is 3.34. The number of rotatable bonds is 4. The Hall–Kier alpha value is -0.920. The molecule has 156 valence electrons. The highest BCUT2D eigenvalue weighted by atomic mass is 19.4. The maximum Gasteiger partial charge on any atom is 0.431 e. The summed E-state index contributed by atoms with van der Waals surface area (Å²) in [6, 6.07) is 0. The van der Waals surface area contributed by atoms with E-state index in [4.69, 9.17) is 10.2 Å². The van der Waals surface area contributed by atoms with Crippen LogP contribution in [0.3, 0.4) is 0 Å². The van der Waals surface area contributed by atoms with Crippen molar-refractivity contribution in [3.05, 3.63) is 0 Å². The van der Waals surface area contributed by atoms with Crippen LogP contribution in [0, 0.1) is 11.8 Å². The second-order valence-corrected chi connectivity index (χ2v) is 6.00. The van der Waals surface area contributed by atoms with Gasteiger partial charge in [-0.15, -0.1) is 0 Å². The van der Waals surface area contributed by atoms with Gasteiger partial charge in [0.05, 0.1) is 0 Å². The van der Waals surface area contributed by atoms with Gasteiger partial charge in [0.2, 0.25) is 0 Å². The molecule has 0 saturated heterocycles. The molecule has 26 heavy (non-hydrogen) atoms. The average molecular weight is 416 g/mol. The van der Waals surface area contributed by atoms with E-state index < -0.39 is 73.4 Å². The lowest BCUT2D eigenvalue weighted by Gasteiger charge is -2.48. The average Bonchev–Trinajstić information content (AvgIpc) is 2.40. The highest BCUT2D eigenvalue weighted by molar-refractivity contribution is 5.10. The van der Waals surface area contributed by atoms with Gasteiger partial charge in [0, 0.05) is 11.8 Å². The Kier molecular flexibility index (Phi) is 5.61. The van der Waals surface area contributed by atoms with Gasteiger partial charge in [-0.05, 0) is 12.8 Å². The Bertz CT molecular complexity index is 426. The third-order valence-electron chi connectivity index (χ3n) is 4.49. The second kappa shape index (κ2) is 6.31. The van der Waals surface area contributed by atoms with Crippen molar-refractivity contribution in [2.24, 2.45) is 11.8 Å². The zero-order chi connectivity index (χ0) is 21.0. The fraction of sp³-hybridized carbons (Fsp3) is 1.00. The molecule has 1 saturated carbocycles. The third-order valence-corrected chi connectivity index (χ3v) is 4.49. The van der Waals surface area contributed by atoms with Crippen LogP contribution in [-0.4, -0.2) is 46.1 Å². The van der Waals surface area contributed by atoms with Gasteiger partial charge in [0.25, 0.3) is 11.3 Å². The van der Waals surface area contributed by atoms with E-state index in [0.717, 1.165) is 0 Å². The van der Waals surface area contributed by atoms with E-state index in [0.29, 0.717) is 0 Å². The number of aliphatic hydroxyl groups is 2. The minimum Gasteiger partial charge on any atom is -0.333 e. The summed E-state index contributed by atoms with van der Waals surface area (Å²) in [6.45, 7) is 0. The minimum absolute atomic E-state index is 0.635. The summed E-state index contributed by atoms with van der Waals surface area (Å²) in [6.07, 6.45) is -30.5. The molecule has 2 nitrogen and oxygen atoms in total. The summed E-state index contributed by atoms with van der Waals surface area (Å²) >= 11 is 0. The van der Waals surface area contributed by atoms with E-state index in [9.17, 15) is 52.7 Å². The van der Waals surface area contributed by atoms with Crippen molar-refractivity contribution in [1.29, 1.82) is 0 Å². The molecule has 14 heteroatoms. The van der Waals surface area contributed by atoms with Crippen LogP contribution in [0.5, 0.6) is 0 Å². The first-order chi connectivity index (χ1) is 11.2. The van der Waals surface area contributed by atoms with Gasteiger partial charge in [-0.3, -0.25) is 0 Å². The predicted octanol–water partition coefficient (Wildman–Crippen LogP) is 4.50. The van der Waals surface area contributed by atoms with Crippen molar-refractivity contribution < 1.29 is 62.9 Å². The molecule has 0 radical (unpaired) electrons. The smallest absolute Gasteiger partial charge is 0.333 e. The van der Waals surface area contributed by atoms with Crippen molar-refractivity contribution in [2.75, 3.05) is 0 Å². The summed E-state index contributed by atoms with van der Waals surface area (Å²) < 4.78 is 158. The molecule has 0 amide bonds. The monoisotopic (exact) mass is 416 g/mol. The molecule has 0 aromatic heterocycles. The summed E-state index contributed by atoms with van der Waals surface area (Å²) in [5.74, 6) is -7.50. The van der Waals surface area contributed by atoms with Gasteiger partial charge in [-0.1, -0.05) is 12.8 Å². The predicted molar refractivity (Wildman–Crippen MR) is 59.6 cm³/mol. The zero-order valence-corrected chi connectivity index (χ0v) is 12.4. The van der Waals surface area contributed by atoms with E-state index in [1.807, 2.05) is 0 Å². The van der Waals surface area contributed by atoms with Crippen LogP contribution < -0.4 is 0 Å². The molecule has 0 aromatic carbocycles. The Morgan fingerprint density at radius 3 is 0.885 bits per heavy atom. The molecular weight excluding hydrogens is 404 g/mol. The number of hydrogen-bond acceptors (Lipinski definition) is 2. The SMILES string of the molecule is OC(F)(F)C(F)(C1CCCCC1C(F)(C(O)(F)F)C(F)(F)F)C(F)(F)F. The Labute approximate surface area is 137 Å². The molecular formula is C12H12F12O2. The van der Waals surface area contributed by atoms with E-state index in [1.165, 1.54) is 0 Å². The first-order valence-electron chi connectivity index (χ1n) is 6.94. The molecule has 0 aliphatic heterocycles. The Morgan fingerprint density at radius 2 is 0.731 bits per heavy atom. The van der Waals surface area contributed by atoms with Crippen LogP contribution in [0.15, 0.2) is 0 Å². The van der Waals surface area contributed by atoms with Gasteiger partial charge in [-0.2, -0.15) is 43.9 Å². The number of alkyl halides is 12. The number of hydrogen-bond donors (Lipinski definition) is 2. The molecule has 4 atom stereocenters. The first kappa shape index (κ1) is 23.1. The van der Waals surface area contributed by atoms with Gasteiger partial charge >= 0.3 is 24.6 Å². The van der Waals surface area contributed by atoms with Crippen LogP contribution in [0.1, 0.15) is 25.7 Å². The standard InChI is InChI=1S/C12H12F12O2/c13-7(9(15,16)17,11(21,22)25)5-3-1-2-4-6(5)8(14,10(18,19)20)12(23,24)26/h5-6,25-26H,1-4H2. The molecule has 1 rings (SSSR count). The van der Waals surface area contributed by atoms with E-state index in [2.05, 4.69) is 0 Å². The Morgan fingerprint density at radius 1 is 0.500 bits per heavy atom. The summed E-state index contributed by atoms with van der Waals surface area (Å²) in [5.41, 5.74) is -12.3.